The molecule has 3 aliphatic rings. The van der Waals surface area contributed by atoms with Gasteiger partial charge in [-0.25, -0.2) is 4.79 Å². The van der Waals surface area contributed by atoms with Gasteiger partial charge in [0.15, 0.2) is 0 Å². The van der Waals surface area contributed by atoms with Gasteiger partial charge in [-0.1, -0.05) is 43.2 Å². The number of likely N-dealkylation sites (tertiary alicyclic amines) is 1. The van der Waals surface area contributed by atoms with Crippen LogP contribution in [0.3, 0.4) is 0 Å². The molecule has 1 saturated heterocycles. The minimum absolute atomic E-state index is 0.0922. The van der Waals surface area contributed by atoms with Crippen LogP contribution in [0.25, 0.3) is 0 Å². The van der Waals surface area contributed by atoms with E-state index in [-0.39, 0.29) is 18.0 Å². The van der Waals surface area contributed by atoms with E-state index in [0.717, 1.165) is 31.5 Å². The van der Waals surface area contributed by atoms with Gasteiger partial charge in [0.25, 0.3) is 0 Å². The molecule has 136 valence electrons. The molecule has 3 unspecified atom stereocenters. The van der Waals surface area contributed by atoms with Gasteiger partial charge in [0.2, 0.25) is 0 Å². The van der Waals surface area contributed by atoms with Crippen molar-refractivity contribution in [1.82, 2.24) is 4.90 Å². The number of hydrogen-bond donors (Lipinski definition) is 0. The number of carbonyl (C=O) groups is 1. The summed E-state index contributed by atoms with van der Waals surface area (Å²) in [6, 6.07) is 10.2. The van der Waals surface area contributed by atoms with E-state index in [2.05, 4.69) is 24.1 Å². The molecule has 4 rings (SSSR count). The summed E-state index contributed by atoms with van der Waals surface area (Å²) in [6.45, 7) is 2.17. The number of fused-ring (bicyclic) bond motifs is 2. The molecule has 25 heavy (non-hydrogen) atoms. The molecule has 0 aromatic heterocycles. The SMILES string of the molecule is CN1CC2CCC(C1)C2C(C(=O)OOC1CCCC1)c1ccccc1. The highest BCUT2D eigenvalue weighted by molar-refractivity contribution is 5.78. The van der Waals surface area contributed by atoms with E-state index < -0.39 is 0 Å². The van der Waals surface area contributed by atoms with E-state index in [9.17, 15) is 4.79 Å². The van der Waals surface area contributed by atoms with Crippen LogP contribution in [-0.4, -0.2) is 37.1 Å². The van der Waals surface area contributed by atoms with Gasteiger partial charge in [0.1, 0.15) is 6.10 Å². The lowest BCUT2D eigenvalue weighted by Gasteiger charge is -2.39. The fraction of sp³-hybridized carbons (Fsp3) is 0.667. The second-order valence-electron chi connectivity index (χ2n) is 8.19. The van der Waals surface area contributed by atoms with Crippen molar-refractivity contribution < 1.29 is 14.6 Å². The van der Waals surface area contributed by atoms with Crippen LogP contribution in [-0.2, 0) is 14.6 Å². The Morgan fingerprint density at radius 3 is 2.32 bits per heavy atom. The summed E-state index contributed by atoms with van der Waals surface area (Å²) >= 11 is 0. The number of hydrogen-bond acceptors (Lipinski definition) is 4. The lowest BCUT2D eigenvalue weighted by molar-refractivity contribution is -0.299. The van der Waals surface area contributed by atoms with Crippen LogP contribution in [0.4, 0.5) is 0 Å². The summed E-state index contributed by atoms with van der Waals surface area (Å²) in [6.07, 6.45) is 6.88. The van der Waals surface area contributed by atoms with Crippen LogP contribution >= 0.6 is 0 Å². The molecule has 4 heteroatoms. The van der Waals surface area contributed by atoms with E-state index in [1.54, 1.807) is 0 Å². The zero-order valence-electron chi connectivity index (χ0n) is 15.1. The van der Waals surface area contributed by atoms with E-state index in [1.807, 2.05) is 18.2 Å². The highest BCUT2D eigenvalue weighted by Crippen LogP contribution is 2.49. The number of rotatable bonds is 5. The second-order valence-corrected chi connectivity index (χ2v) is 8.19. The summed E-state index contributed by atoms with van der Waals surface area (Å²) in [5.74, 6) is 1.14. The third kappa shape index (κ3) is 3.61. The van der Waals surface area contributed by atoms with Crippen LogP contribution in [0.15, 0.2) is 30.3 Å². The molecule has 1 aromatic carbocycles. The van der Waals surface area contributed by atoms with Gasteiger partial charge in [-0.3, -0.25) is 4.89 Å². The number of benzene rings is 1. The molecule has 3 fully saturated rings. The third-order valence-corrected chi connectivity index (χ3v) is 6.46. The molecule has 3 atom stereocenters. The Bertz CT molecular complexity index is 570. The van der Waals surface area contributed by atoms with Gasteiger partial charge in [-0.05, 0) is 56.0 Å². The lowest BCUT2D eigenvalue weighted by Crippen LogP contribution is -2.43. The van der Waals surface area contributed by atoms with Gasteiger partial charge in [-0.2, -0.15) is 4.89 Å². The van der Waals surface area contributed by atoms with Crippen LogP contribution < -0.4 is 0 Å². The molecule has 2 bridgehead atoms. The zero-order valence-corrected chi connectivity index (χ0v) is 15.1. The van der Waals surface area contributed by atoms with Crippen molar-refractivity contribution in [2.75, 3.05) is 20.1 Å². The summed E-state index contributed by atoms with van der Waals surface area (Å²) in [7, 11) is 2.20. The third-order valence-electron chi connectivity index (χ3n) is 6.46. The van der Waals surface area contributed by atoms with Crippen LogP contribution in [0.5, 0.6) is 0 Å². The highest BCUT2D eigenvalue weighted by atomic mass is 17.2. The monoisotopic (exact) mass is 343 g/mol. The molecule has 1 aromatic rings. The van der Waals surface area contributed by atoms with Crippen molar-refractivity contribution in [3.63, 3.8) is 0 Å². The standard InChI is InChI=1S/C21H29NO3/c1-22-13-16-11-12-17(14-22)19(16)20(15-7-3-2-4-8-15)21(23)25-24-18-9-5-6-10-18/h2-4,7-8,16-20H,5-6,9-14H2,1H3. The molecule has 1 aliphatic heterocycles. The summed E-state index contributed by atoms with van der Waals surface area (Å²) in [5, 5.41) is 0. The van der Waals surface area contributed by atoms with E-state index >= 15 is 0 Å². The maximum Gasteiger partial charge on any atom is 0.350 e. The topological polar surface area (TPSA) is 38.8 Å². The molecule has 4 nitrogen and oxygen atoms in total. The van der Waals surface area contributed by atoms with E-state index in [1.165, 1.54) is 25.7 Å². The molecule has 2 aliphatic carbocycles. The average Bonchev–Trinajstić information content (AvgIpc) is 3.22. The molecule has 0 radical (unpaired) electrons. The average molecular weight is 343 g/mol. The Hall–Kier alpha value is -1.39. The maximum atomic E-state index is 13.0. The number of carbonyl (C=O) groups excluding carboxylic acids is 1. The highest BCUT2D eigenvalue weighted by Gasteiger charge is 2.48. The first-order valence-electron chi connectivity index (χ1n) is 9.83. The van der Waals surface area contributed by atoms with E-state index in [4.69, 9.17) is 9.78 Å². The predicted octanol–water partition coefficient (Wildman–Crippen LogP) is 3.78. The molecule has 0 N–H and O–H groups in total. The molecule has 2 saturated carbocycles. The van der Waals surface area contributed by atoms with Crippen LogP contribution in [0, 0.1) is 17.8 Å². The first kappa shape index (κ1) is 17.0. The van der Waals surface area contributed by atoms with Crippen LogP contribution in [0.2, 0.25) is 0 Å². The fourth-order valence-electron chi connectivity index (χ4n) is 5.37. The first-order chi connectivity index (χ1) is 12.2. The fourth-order valence-corrected chi connectivity index (χ4v) is 5.37. The lowest BCUT2D eigenvalue weighted by atomic mass is 9.73. The van der Waals surface area contributed by atoms with Crippen molar-refractivity contribution in [3.05, 3.63) is 35.9 Å². The zero-order chi connectivity index (χ0) is 17.2. The van der Waals surface area contributed by atoms with Crippen molar-refractivity contribution in [2.24, 2.45) is 17.8 Å². The van der Waals surface area contributed by atoms with Crippen molar-refractivity contribution >= 4 is 5.97 Å². The maximum absolute atomic E-state index is 13.0. The first-order valence-corrected chi connectivity index (χ1v) is 9.83. The predicted molar refractivity (Wildman–Crippen MR) is 95.8 cm³/mol. The Morgan fingerprint density at radius 1 is 1.04 bits per heavy atom. The quantitative estimate of drug-likeness (QED) is 0.602. The summed E-state index contributed by atoms with van der Waals surface area (Å²) in [5.41, 5.74) is 1.08. The minimum Gasteiger partial charge on any atom is -0.306 e. The summed E-state index contributed by atoms with van der Waals surface area (Å²) < 4.78 is 0. The van der Waals surface area contributed by atoms with Gasteiger partial charge in [-0.15, -0.1) is 0 Å². The molecule has 0 amide bonds. The summed E-state index contributed by atoms with van der Waals surface area (Å²) in [4.78, 5) is 26.4. The largest absolute Gasteiger partial charge is 0.350 e. The molecular formula is C21H29NO3. The van der Waals surface area contributed by atoms with Crippen LogP contribution in [0.1, 0.15) is 50.0 Å². The molecular weight excluding hydrogens is 314 g/mol. The number of piperidine rings is 1. The Labute approximate surface area is 150 Å². The minimum atomic E-state index is -0.200. The normalized spacial score (nSPS) is 31.2. The van der Waals surface area contributed by atoms with E-state index in [0.29, 0.717) is 17.8 Å². The second kappa shape index (κ2) is 7.46. The smallest absolute Gasteiger partial charge is 0.306 e. The van der Waals surface area contributed by atoms with Gasteiger partial charge in [0, 0.05) is 13.1 Å². The Morgan fingerprint density at radius 2 is 1.68 bits per heavy atom. The number of nitrogens with zero attached hydrogens (tertiary/aromatic N) is 1. The molecule has 0 spiro atoms. The Kier molecular flexibility index (Phi) is 5.09. The van der Waals surface area contributed by atoms with Crippen molar-refractivity contribution in [3.8, 4) is 0 Å². The van der Waals surface area contributed by atoms with Gasteiger partial charge >= 0.3 is 5.97 Å². The Balaban J connectivity index is 1.53. The van der Waals surface area contributed by atoms with Crippen molar-refractivity contribution in [2.45, 2.75) is 50.5 Å². The molecule has 1 heterocycles. The van der Waals surface area contributed by atoms with Gasteiger partial charge < -0.3 is 4.90 Å². The van der Waals surface area contributed by atoms with Gasteiger partial charge in [0.05, 0.1) is 5.92 Å². The van der Waals surface area contributed by atoms with Crippen molar-refractivity contribution in [1.29, 1.82) is 0 Å².